The van der Waals surface area contributed by atoms with Crippen LogP contribution in [-0.4, -0.2) is 45.6 Å². The topological polar surface area (TPSA) is 100 Å². The summed E-state index contributed by atoms with van der Waals surface area (Å²) in [5.74, 6) is -1.66. The number of carbonyl (C=O) groups excluding carboxylic acids is 1. The van der Waals surface area contributed by atoms with E-state index in [-0.39, 0.29) is 36.5 Å². The Hall–Kier alpha value is -3.50. The summed E-state index contributed by atoms with van der Waals surface area (Å²) >= 11 is 0. The van der Waals surface area contributed by atoms with Gasteiger partial charge in [0.25, 0.3) is 11.5 Å². The molecule has 1 aromatic carbocycles. The third-order valence-electron chi connectivity index (χ3n) is 5.32. The number of aromatic amines is 1. The van der Waals surface area contributed by atoms with Gasteiger partial charge >= 0.3 is 0 Å². The predicted molar refractivity (Wildman–Crippen MR) is 118 cm³/mol. The highest BCUT2D eigenvalue weighted by Gasteiger charge is 2.20. The molecule has 10 heteroatoms. The van der Waals surface area contributed by atoms with Crippen molar-refractivity contribution < 1.29 is 18.4 Å². The number of nitrogens with one attached hydrogen (secondary N) is 2. The van der Waals surface area contributed by atoms with Gasteiger partial charge in [0.1, 0.15) is 17.2 Å². The Morgan fingerprint density at radius 3 is 2.73 bits per heavy atom. The molecule has 33 heavy (non-hydrogen) atoms. The zero-order chi connectivity index (χ0) is 23.5. The average Bonchev–Trinajstić information content (AvgIpc) is 2.80. The highest BCUT2D eigenvalue weighted by molar-refractivity contribution is 5.92. The van der Waals surface area contributed by atoms with Gasteiger partial charge in [-0.2, -0.15) is 9.45 Å². The molecule has 0 saturated carbocycles. The van der Waals surface area contributed by atoms with Crippen LogP contribution in [0.3, 0.4) is 0 Å². The van der Waals surface area contributed by atoms with Gasteiger partial charge in [-0.3, -0.25) is 14.4 Å². The Morgan fingerprint density at radius 1 is 1.24 bits per heavy atom. The molecule has 0 atom stereocenters. The highest BCUT2D eigenvalue weighted by atomic mass is 19.1. The van der Waals surface area contributed by atoms with E-state index in [1.165, 1.54) is 23.3 Å². The van der Waals surface area contributed by atoms with Gasteiger partial charge in [-0.15, -0.1) is 0 Å². The first-order valence-corrected chi connectivity index (χ1v) is 10.6. The maximum atomic E-state index is 14.6. The lowest BCUT2D eigenvalue weighted by atomic mass is 10.1. The summed E-state index contributed by atoms with van der Waals surface area (Å²) < 4.78 is 29.1. The molecule has 3 aromatic rings. The lowest BCUT2D eigenvalue weighted by Gasteiger charge is -2.26. The fourth-order valence-corrected chi connectivity index (χ4v) is 3.58. The number of pyridine rings is 1. The number of H-pyrrole nitrogens is 1. The SMILES string of the molecule is CCNC(=O)c1ccc(C2=CCN(Cc3cc4[nH]c(=O)c(CC)nc4cc3F)OC2)c(F)n1. The van der Waals surface area contributed by atoms with Crippen LogP contribution in [-0.2, 0) is 17.8 Å². The molecule has 0 spiro atoms. The van der Waals surface area contributed by atoms with E-state index in [1.54, 1.807) is 19.1 Å². The number of aromatic nitrogens is 3. The van der Waals surface area contributed by atoms with E-state index in [2.05, 4.69) is 20.3 Å². The van der Waals surface area contributed by atoms with Crippen molar-refractivity contribution in [1.82, 2.24) is 25.3 Å². The van der Waals surface area contributed by atoms with E-state index >= 15 is 0 Å². The molecule has 4 rings (SSSR count). The lowest BCUT2D eigenvalue weighted by Crippen LogP contribution is -2.29. The van der Waals surface area contributed by atoms with Gasteiger partial charge in [0.2, 0.25) is 5.95 Å². The van der Waals surface area contributed by atoms with Gasteiger partial charge in [-0.25, -0.2) is 14.4 Å². The number of fused-ring (bicyclic) bond motifs is 1. The third-order valence-corrected chi connectivity index (χ3v) is 5.32. The van der Waals surface area contributed by atoms with Crippen LogP contribution < -0.4 is 10.9 Å². The van der Waals surface area contributed by atoms with Crippen molar-refractivity contribution in [2.75, 3.05) is 19.7 Å². The van der Waals surface area contributed by atoms with E-state index < -0.39 is 17.7 Å². The summed E-state index contributed by atoms with van der Waals surface area (Å²) in [4.78, 5) is 40.2. The standard InChI is InChI=1S/C23H23F2N5O3/c1-3-17-23(32)29-19-9-14(16(24)10-20(19)27-17)11-30-8-7-13(12-33-30)15-5-6-18(28-21(15)25)22(31)26-4-2/h5-7,9-10H,3-4,8,11-12H2,1-2H3,(H,26,31)(H,29,32). The quantitative estimate of drug-likeness (QED) is 0.555. The number of amides is 1. The largest absolute Gasteiger partial charge is 0.351 e. The molecule has 3 heterocycles. The molecular formula is C23H23F2N5O3. The number of benzene rings is 1. The molecule has 2 N–H and O–H groups in total. The molecule has 0 fully saturated rings. The third kappa shape index (κ3) is 4.81. The summed E-state index contributed by atoms with van der Waals surface area (Å²) in [6, 6.07) is 5.79. The fraction of sp³-hybridized carbons (Fsp3) is 0.304. The second-order valence-corrected chi connectivity index (χ2v) is 7.55. The van der Waals surface area contributed by atoms with Crippen molar-refractivity contribution in [1.29, 1.82) is 0 Å². The Kier molecular flexibility index (Phi) is 6.57. The summed E-state index contributed by atoms with van der Waals surface area (Å²) in [5, 5.41) is 4.11. The van der Waals surface area contributed by atoms with Gasteiger partial charge in [-0.05, 0) is 37.1 Å². The van der Waals surface area contributed by atoms with Crippen molar-refractivity contribution in [2.45, 2.75) is 26.8 Å². The maximum Gasteiger partial charge on any atom is 0.270 e. The second-order valence-electron chi connectivity index (χ2n) is 7.55. The van der Waals surface area contributed by atoms with Crippen molar-refractivity contribution in [2.24, 2.45) is 0 Å². The molecule has 0 aliphatic carbocycles. The van der Waals surface area contributed by atoms with Crippen LogP contribution in [0.1, 0.15) is 41.2 Å². The Balaban J connectivity index is 1.49. The van der Waals surface area contributed by atoms with Gasteiger partial charge in [0.05, 0.1) is 24.2 Å². The fourth-order valence-electron chi connectivity index (χ4n) is 3.58. The molecule has 0 saturated heterocycles. The normalized spacial score (nSPS) is 14.4. The number of rotatable bonds is 6. The molecule has 0 radical (unpaired) electrons. The molecule has 8 nitrogen and oxygen atoms in total. The number of halogens is 2. The van der Waals surface area contributed by atoms with Crippen LogP contribution in [0, 0.1) is 11.8 Å². The smallest absolute Gasteiger partial charge is 0.270 e. The Morgan fingerprint density at radius 2 is 2.06 bits per heavy atom. The van der Waals surface area contributed by atoms with Crippen molar-refractivity contribution >= 4 is 22.5 Å². The van der Waals surface area contributed by atoms with Crippen LogP contribution in [0.2, 0.25) is 0 Å². The van der Waals surface area contributed by atoms with Gasteiger partial charge < -0.3 is 10.3 Å². The molecular weight excluding hydrogens is 432 g/mol. The summed E-state index contributed by atoms with van der Waals surface area (Å²) in [6.07, 6.45) is 2.22. The minimum Gasteiger partial charge on any atom is -0.351 e. The van der Waals surface area contributed by atoms with Crippen LogP contribution in [0.15, 0.2) is 35.1 Å². The van der Waals surface area contributed by atoms with Crippen LogP contribution in [0.25, 0.3) is 16.6 Å². The molecule has 1 aliphatic rings. The number of hydroxylamine groups is 2. The molecule has 0 unspecified atom stereocenters. The second kappa shape index (κ2) is 9.55. The summed E-state index contributed by atoms with van der Waals surface area (Å²) in [7, 11) is 0. The monoisotopic (exact) mass is 455 g/mol. The molecule has 172 valence electrons. The first-order chi connectivity index (χ1) is 15.9. The molecule has 2 aromatic heterocycles. The predicted octanol–water partition coefficient (Wildman–Crippen LogP) is 2.74. The molecule has 0 bridgehead atoms. The highest BCUT2D eigenvalue weighted by Crippen LogP contribution is 2.24. The molecule has 1 amide bonds. The van der Waals surface area contributed by atoms with Crippen LogP contribution >= 0.6 is 0 Å². The minimum absolute atomic E-state index is 0.00224. The Labute approximate surface area is 188 Å². The van der Waals surface area contributed by atoms with Crippen molar-refractivity contribution in [3.8, 4) is 0 Å². The van der Waals surface area contributed by atoms with Gasteiger partial charge in [0, 0.05) is 30.3 Å². The van der Waals surface area contributed by atoms with Crippen LogP contribution in [0.5, 0.6) is 0 Å². The zero-order valence-corrected chi connectivity index (χ0v) is 18.2. The summed E-state index contributed by atoms with van der Waals surface area (Å²) in [5.41, 5.74) is 2.05. The van der Waals surface area contributed by atoms with E-state index in [0.717, 1.165) is 0 Å². The lowest BCUT2D eigenvalue weighted by molar-refractivity contribution is -0.151. The molecule has 1 aliphatic heterocycles. The number of hydrogen-bond acceptors (Lipinski definition) is 6. The minimum atomic E-state index is -0.759. The Bertz CT molecular complexity index is 1310. The van der Waals surface area contributed by atoms with Crippen molar-refractivity contribution in [3.63, 3.8) is 0 Å². The summed E-state index contributed by atoms with van der Waals surface area (Å²) in [6.45, 7) is 4.47. The first kappa shape index (κ1) is 22.7. The number of carbonyl (C=O) groups is 1. The number of aryl methyl sites for hydroxylation is 1. The first-order valence-electron chi connectivity index (χ1n) is 10.6. The number of nitrogens with zero attached hydrogens (tertiary/aromatic N) is 3. The van der Waals surface area contributed by atoms with Gasteiger partial charge in [0.15, 0.2) is 0 Å². The maximum absolute atomic E-state index is 14.6. The van der Waals surface area contributed by atoms with E-state index in [9.17, 15) is 18.4 Å². The zero-order valence-electron chi connectivity index (χ0n) is 18.2. The van der Waals surface area contributed by atoms with Crippen LogP contribution in [0.4, 0.5) is 8.78 Å². The van der Waals surface area contributed by atoms with Gasteiger partial charge in [-0.1, -0.05) is 13.0 Å². The van der Waals surface area contributed by atoms with E-state index in [4.69, 9.17) is 4.84 Å². The van der Waals surface area contributed by atoms with Crippen molar-refractivity contribution in [3.05, 3.63) is 75.0 Å². The van der Waals surface area contributed by atoms with E-state index in [1.807, 2.05) is 6.92 Å². The average molecular weight is 455 g/mol. The number of hydrogen-bond donors (Lipinski definition) is 2. The van der Waals surface area contributed by atoms with E-state index in [0.29, 0.717) is 40.8 Å².